The first kappa shape index (κ1) is 12.4. The smallest absolute Gasteiger partial charge is 0.251 e. The third-order valence-electron chi connectivity index (χ3n) is 2.17. The van der Waals surface area contributed by atoms with E-state index < -0.39 is 0 Å². The van der Waals surface area contributed by atoms with Crippen molar-refractivity contribution < 1.29 is 0 Å². The Morgan fingerprint density at radius 1 is 1.47 bits per heavy atom. The van der Waals surface area contributed by atoms with E-state index in [-0.39, 0.29) is 5.41 Å². The van der Waals surface area contributed by atoms with Crippen molar-refractivity contribution in [3.8, 4) is 5.00 Å². The summed E-state index contributed by atoms with van der Waals surface area (Å²) >= 11 is 2.48. The molecule has 7 heteroatoms. The van der Waals surface area contributed by atoms with Crippen LogP contribution in [0.2, 0.25) is 0 Å². The fourth-order valence-electron chi connectivity index (χ4n) is 1.42. The second-order valence-corrected chi connectivity index (χ2v) is 6.10. The topological polar surface area (TPSA) is 56.0 Å². The first-order valence-electron chi connectivity index (χ1n) is 5.37. The van der Waals surface area contributed by atoms with Crippen LogP contribution in [0.25, 0.3) is 5.00 Å². The molecule has 0 atom stereocenters. The van der Waals surface area contributed by atoms with Crippen molar-refractivity contribution in [3.63, 3.8) is 0 Å². The summed E-state index contributed by atoms with van der Waals surface area (Å²) in [5.41, 5.74) is 0.978. The number of aromatic nitrogens is 4. The van der Waals surface area contributed by atoms with Crippen molar-refractivity contribution in [2.24, 2.45) is 4.99 Å². The van der Waals surface area contributed by atoms with Crippen LogP contribution in [0.4, 0.5) is 5.13 Å². The molecule has 0 N–H and O–H groups in total. The quantitative estimate of drug-likeness (QED) is 0.606. The van der Waals surface area contributed by atoms with E-state index in [0.717, 1.165) is 32.1 Å². The van der Waals surface area contributed by atoms with Crippen LogP contribution >= 0.6 is 11.3 Å². The van der Waals surface area contributed by atoms with Crippen molar-refractivity contribution >= 4 is 37.8 Å². The zero-order chi connectivity index (χ0) is 12.5. The van der Waals surface area contributed by atoms with E-state index in [1.54, 1.807) is 22.3 Å². The predicted octanol–water partition coefficient (Wildman–Crippen LogP) is 1.31. The normalized spacial score (nSPS) is 12.4. The molecule has 2 aromatic heterocycles. The molecule has 0 aromatic carbocycles. The lowest BCUT2D eigenvalue weighted by Crippen LogP contribution is -2.14. The molecule has 0 saturated carbocycles. The molecule has 5 nitrogen and oxygen atoms in total. The van der Waals surface area contributed by atoms with Crippen molar-refractivity contribution in [2.75, 3.05) is 0 Å². The molecule has 2 heterocycles. The number of thiazole rings is 1. The fourth-order valence-corrected chi connectivity index (χ4v) is 2.96. The van der Waals surface area contributed by atoms with Crippen molar-refractivity contribution in [2.45, 2.75) is 26.2 Å². The van der Waals surface area contributed by atoms with E-state index in [4.69, 9.17) is 0 Å². The number of hydrogen-bond acceptors (Lipinski definition) is 5. The minimum Gasteiger partial charge on any atom is -0.251 e. The van der Waals surface area contributed by atoms with Crippen molar-refractivity contribution in [1.29, 1.82) is 0 Å². The van der Waals surface area contributed by atoms with Gasteiger partial charge in [-0.25, -0.2) is 14.6 Å². The zero-order valence-corrected chi connectivity index (χ0v) is 13.2. The summed E-state index contributed by atoms with van der Waals surface area (Å²) in [6.07, 6.45) is 3.22. The van der Waals surface area contributed by atoms with Crippen LogP contribution in [0.5, 0.6) is 0 Å². The molecule has 0 spiro atoms. The van der Waals surface area contributed by atoms with Crippen LogP contribution in [0.15, 0.2) is 17.6 Å². The fraction of sp³-hybridized carbons (Fsp3) is 0.400. The SMILES string of the molecule is CC(C)(C)c1nc(N=[CH][AlH2])sc1-n1cncn1. The molecule has 2 rings (SSSR count). The average Bonchev–Trinajstić information content (AvgIpc) is 2.82. The highest BCUT2D eigenvalue weighted by atomic mass is 32.1. The van der Waals surface area contributed by atoms with Gasteiger partial charge in [-0.2, -0.15) is 5.10 Å². The second kappa shape index (κ2) is 4.69. The Bertz CT molecular complexity index is 523. The Morgan fingerprint density at radius 3 is 2.76 bits per heavy atom. The van der Waals surface area contributed by atoms with E-state index in [1.165, 1.54) is 6.33 Å². The molecule has 88 valence electrons. The molecule has 0 radical (unpaired) electrons. The largest absolute Gasteiger partial charge is 0.277 e. The highest BCUT2D eigenvalue weighted by Crippen LogP contribution is 2.35. The van der Waals surface area contributed by atoms with Gasteiger partial charge in [0.2, 0.25) is 5.13 Å². The summed E-state index contributed by atoms with van der Waals surface area (Å²) in [5, 5.41) is 7.84. The Morgan fingerprint density at radius 2 is 2.24 bits per heavy atom. The molecular weight excluding hydrogens is 249 g/mol. The van der Waals surface area contributed by atoms with Gasteiger partial charge in [-0.15, -0.1) is 0 Å². The van der Waals surface area contributed by atoms with Gasteiger partial charge in [0.05, 0.1) is 5.69 Å². The number of hydrogen-bond donors (Lipinski definition) is 0. The molecule has 0 amide bonds. The molecule has 2 aromatic rings. The maximum atomic E-state index is 4.58. The summed E-state index contributed by atoms with van der Waals surface area (Å²) in [7, 11) is 0. The van der Waals surface area contributed by atoms with Gasteiger partial charge < -0.3 is 0 Å². The maximum absolute atomic E-state index is 4.58. The van der Waals surface area contributed by atoms with Crippen LogP contribution in [0.1, 0.15) is 26.5 Å². The molecule has 0 unspecified atom stereocenters. The number of nitrogens with zero attached hydrogens (tertiary/aromatic N) is 5. The zero-order valence-electron chi connectivity index (χ0n) is 10.4. The summed E-state index contributed by atoms with van der Waals surface area (Å²) in [6.45, 7) is 6.41. The standard InChI is InChI=1S/C10H12N5S.Al.2H/c1-10(2,3)7-8(15-6-12-5-13-15)16-9(11-4)14-7;;;/h4-6H,1-3H3;;;. The van der Waals surface area contributed by atoms with Gasteiger partial charge in [-0.1, -0.05) is 37.2 Å². The Balaban J connectivity index is 2.57. The van der Waals surface area contributed by atoms with E-state index >= 15 is 0 Å². The minimum atomic E-state index is -0.0310. The monoisotopic (exact) mass is 263 g/mol. The van der Waals surface area contributed by atoms with Crippen molar-refractivity contribution in [1.82, 2.24) is 19.7 Å². The molecule has 0 fully saturated rings. The molecule has 0 aliphatic rings. The van der Waals surface area contributed by atoms with Gasteiger partial charge in [-0.05, 0) is 0 Å². The Labute approximate surface area is 112 Å². The van der Waals surface area contributed by atoms with Gasteiger partial charge >= 0.3 is 0 Å². The third-order valence-corrected chi connectivity index (χ3v) is 3.39. The summed E-state index contributed by atoms with van der Waals surface area (Å²) < 4.78 is 1.75. The summed E-state index contributed by atoms with van der Waals surface area (Å²) in [6, 6.07) is 0. The average molecular weight is 263 g/mol. The maximum Gasteiger partial charge on any atom is 0.277 e. The van der Waals surface area contributed by atoms with Crippen LogP contribution in [0.3, 0.4) is 0 Å². The van der Waals surface area contributed by atoms with E-state index in [1.807, 2.05) is 5.08 Å². The first-order chi connectivity index (χ1) is 8.02. The Hall–Kier alpha value is -1.03. The lowest BCUT2D eigenvalue weighted by atomic mass is 9.92. The van der Waals surface area contributed by atoms with Gasteiger partial charge in [0.1, 0.15) is 17.7 Å². The van der Waals surface area contributed by atoms with Crippen LogP contribution in [-0.4, -0.2) is 41.1 Å². The molecule has 0 aliphatic carbocycles. The second-order valence-electron chi connectivity index (χ2n) is 4.63. The first-order valence-corrected chi connectivity index (χ1v) is 7.34. The predicted molar refractivity (Wildman–Crippen MR) is 72.4 cm³/mol. The number of aliphatic imine (C=N–C) groups is 1. The van der Waals surface area contributed by atoms with Crippen LogP contribution in [-0.2, 0) is 5.41 Å². The molecular formula is C10H14AlN5S. The number of rotatable bonds is 2. The molecule has 0 aliphatic heterocycles. The van der Waals surface area contributed by atoms with Gasteiger partial charge in [-0.3, -0.25) is 4.99 Å². The Kier molecular flexibility index (Phi) is 3.43. The van der Waals surface area contributed by atoms with Gasteiger partial charge in [0.15, 0.2) is 0 Å². The highest BCUT2D eigenvalue weighted by molar-refractivity contribution is 7.18. The third kappa shape index (κ3) is 2.63. The van der Waals surface area contributed by atoms with E-state index in [0.29, 0.717) is 0 Å². The van der Waals surface area contributed by atoms with Crippen LogP contribution in [0, 0.1) is 0 Å². The van der Waals surface area contributed by atoms with Crippen LogP contribution < -0.4 is 0 Å². The summed E-state index contributed by atoms with van der Waals surface area (Å²) in [4.78, 5) is 12.9. The van der Waals surface area contributed by atoms with E-state index in [9.17, 15) is 0 Å². The molecule has 0 saturated heterocycles. The lowest BCUT2D eigenvalue weighted by molar-refractivity contribution is 0.567. The lowest BCUT2D eigenvalue weighted by Gasteiger charge is -2.16. The highest BCUT2D eigenvalue weighted by Gasteiger charge is 2.24. The molecule has 17 heavy (non-hydrogen) atoms. The van der Waals surface area contributed by atoms with E-state index in [2.05, 4.69) is 40.8 Å². The van der Waals surface area contributed by atoms with Crippen molar-refractivity contribution in [3.05, 3.63) is 18.3 Å². The summed E-state index contributed by atoms with van der Waals surface area (Å²) in [5.74, 6) is 0. The molecule has 0 bridgehead atoms. The minimum absolute atomic E-state index is 0.0310. The van der Waals surface area contributed by atoms with Gasteiger partial charge in [0, 0.05) is 5.41 Å². The van der Waals surface area contributed by atoms with Gasteiger partial charge in [0.25, 0.3) is 16.3 Å².